The lowest BCUT2D eigenvalue weighted by atomic mass is 9.53. The number of oxime groups is 1. The lowest BCUT2D eigenvalue weighted by Crippen LogP contribution is -2.71. The molecule has 1 spiro atoms. The molecule has 6 aliphatic rings. The van der Waals surface area contributed by atoms with Gasteiger partial charge in [0.05, 0.1) is 12.6 Å². The molecular weight excluding hydrogens is 378 g/mol. The van der Waals surface area contributed by atoms with Crippen LogP contribution in [0.15, 0.2) is 41.1 Å². The Morgan fingerprint density at radius 2 is 2.14 bits per heavy atom. The van der Waals surface area contributed by atoms with Crippen LogP contribution in [-0.2, 0) is 14.9 Å². The highest BCUT2D eigenvalue weighted by Gasteiger charge is 2.72. The van der Waals surface area contributed by atoms with Gasteiger partial charge in [0.1, 0.15) is 6.10 Å². The first kappa shape index (κ1) is 17.0. The van der Waals surface area contributed by atoms with Crippen molar-refractivity contribution in [1.82, 2.24) is 4.90 Å². The highest BCUT2D eigenvalue weighted by molar-refractivity contribution is 6.46. The van der Waals surface area contributed by atoms with Crippen LogP contribution in [0.4, 0.5) is 5.69 Å². The average molecular weight is 400 g/mol. The zero-order valence-electron chi connectivity index (χ0n) is 15.3. The van der Waals surface area contributed by atoms with Crippen LogP contribution in [0.2, 0.25) is 0 Å². The summed E-state index contributed by atoms with van der Waals surface area (Å²) in [6, 6.07) is 8.96. The van der Waals surface area contributed by atoms with E-state index in [0.717, 1.165) is 31.6 Å². The molecule has 1 saturated carbocycles. The predicted octanol–water partition coefficient (Wildman–Crippen LogP) is 1.95. The minimum Gasteiger partial charge on any atom is -0.410 e. The average Bonchev–Trinajstić information content (AvgIpc) is 3.15. The second kappa shape index (κ2) is 5.38. The molecule has 0 unspecified atom stereocenters. The SMILES string of the molecule is Cl.O=C1C(=NO)[C@@H]2OCC=C3CN4CC[C@]56c7ccccc7N1[C@H]5[C@H]2[C@H]3C[C@H]46. The van der Waals surface area contributed by atoms with Crippen LogP contribution in [0.25, 0.3) is 0 Å². The number of benzene rings is 1. The molecule has 28 heavy (non-hydrogen) atoms. The molecule has 3 saturated heterocycles. The number of anilines is 1. The number of nitrogens with zero attached hydrogens (tertiary/aromatic N) is 3. The fourth-order valence-corrected chi connectivity index (χ4v) is 7.49. The van der Waals surface area contributed by atoms with Gasteiger partial charge in [-0.15, -0.1) is 12.4 Å². The number of halogens is 1. The number of amides is 1. The molecule has 0 aromatic heterocycles. The molecule has 7 heteroatoms. The fourth-order valence-electron chi connectivity index (χ4n) is 7.49. The molecule has 146 valence electrons. The minimum absolute atomic E-state index is 0. The van der Waals surface area contributed by atoms with E-state index in [-0.39, 0.29) is 41.4 Å². The standard InChI is InChI=1S/C21H21N3O3.ClH/c25-20-17(22-26)18-16-12-9-15-21(6-7-23(15)10-11(12)5-8-27-18)13-3-1-2-4-14(13)24(20)19(16)21;/h1-5,12,15-16,18-19,26H,6-10H2;1H/t12-,15-,16-,18+,19-,21+;/m0./s1. The number of hydrogen-bond acceptors (Lipinski definition) is 5. The summed E-state index contributed by atoms with van der Waals surface area (Å²) in [5, 5.41) is 13.2. The zero-order valence-corrected chi connectivity index (χ0v) is 16.1. The van der Waals surface area contributed by atoms with Crippen molar-refractivity contribution in [2.75, 3.05) is 24.6 Å². The fraction of sp³-hybridized carbons (Fsp3) is 0.524. The van der Waals surface area contributed by atoms with Gasteiger partial charge in [0.15, 0.2) is 5.71 Å². The van der Waals surface area contributed by atoms with Crippen molar-refractivity contribution < 1.29 is 14.7 Å². The summed E-state index contributed by atoms with van der Waals surface area (Å²) in [5.41, 5.74) is 3.93. The Hall–Kier alpha value is -1.89. The lowest BCUT2D eigenvalue weighted by Gasteiger charge is -2.58. The second-order valence-electron chi connectivity index (χ2n) is 8.85. The van der Waals surface area contributed by atoms with Crippen molar-refractivity contribution in [3.05, 3.63) is 41.5 Å². The normalized spacial score (nSPS) is 43.4. The number of piperidine rings is 2. The van der Waals surface area contributed by atoms with Gasteiger partial charge in [-0.25, -0.2) is 0 Å². The van der Waals surface area contributed by atoms with E-state index in [4.69, 9.17) is 4.74 Å². The Bertz CT molecular complexity index is 962. The van der Waals surface area contributed by atoms with E-state index >= 15 is 0 Å². The van der Waals surface area contributed by atoms with E-state index in [9.17, 15) is 10.0 Å². The summed E-state index contributed by atoms with van der Waals surface area (Å²) < 4.78 is 6.16. The topological polar surface area (TPSA) is 65.4 Å². The van der Waals surface area contributed by atoms with Crippen LogP contribution < -0.4 is 4.90 Å². The molecule has 6 atom stereocenters. The van der Waals surface area contributed by atoms with Crippen LogP contribution in [-0.4, -0.2) is 59.6 Å². The quantitative estimate of drug-likeness (QED) is 0.411. The monoisotopic (exact) mass is 399 g/mol. The molecule has 0 radical (unpaired) electrons. The third-order valence-electron chi connectivity index (χ3n) is 8.27. The predicted molar refractivity (Wildman–Crippen MR) is 105 cm³/mol. The van der Waals surface area contributed by atoms with E-state index in [1.54, 1.807) is 0 Å². The van der Waals surface area contributed by atoms with Gasteiger partial charge in [-0.1, -0.05) is 35.0 Å². The Morgan fingerprint density at radius 3 is 3.00 bits per heavy atom. The van der Waals surface area contributed by atoms with Crippen molar-refractivity contribution in [3.8, 4) is 0 Å². The van der Waals surface area contributed by atoms with Gasteiger partial charge in [-0.2, -0.15) is 0 Å². The van der Waals surface area contributed by atoms with Gasteiger partial charge in [0.2, 0.25) is 0 Å². The Kier molecular flexibility index (Phi) is 3.27. The molecule has 2 bridgehead atoms. The summed E-state index contributed by atoms with van der Waals surface area (Å²) in [7, 11) is 0. The third kappa shape index (κ3) is 1.62. The van der Waals surface area contributed by atoms with Gasteiger partial charge in [0, 0.05) is 29.6 Å². The highest BCUT2D eigenvalue weighted by Crippen LogP contribution is 2.65. The second-order valence-corrected chi connectivity index (χ2v) is 8.85. The lowest BCUT2D eigenvalue weighted by molar-refractivity contribution is -0.118. The van der Waals surface area contributed by atoms with Gasteiger partial charge < -0.3 is 14.8 Å². The summed E-state index contributed by atoms with van der Waals surface area (Å²) in [6.45, 7) is 2.59. The summed E-state index contributed by atoms with van der Waals surface area (Å²) in [5.74, 6) is 0.373. The molecule has 1 amide bonds. The van der Waals surface area contributed by atoms with E-state index in [1.165, 1.54) is 11.1 Å². The van der Waals surface area contributed by atoms with Crippen LogP contribution in [0.5, 0.6) is 0 Å². The molecule has 1 aromatic rings. The number of hydrogen-bond donors (Lipinski definition) is 1. The number of carbonyl (C=O) groups is 1. The van der Waals surface area contributed by atoms with E-state index in [0.29, 0.717) is 18.6 Å². The van der Waals surface area contributed by atoms with Crippen LogP contribution in [0.3, 0.4) is 0 Å². The number of fused-ring (bicyclic) bond motifs is 2. The van der Waals surface area contributed by atoms with Gasteiger partial charge in [-0.05, 0) is 36.9 Å². The van der Waals surface area contributed by atoms with Crippen LogP contribution >= 0.6 is 12.4 Å². The Morgan fingerprint density at radius 1 is 1.29 bits per heavy atom. The summed E-state index contributed by atoms with van der Waals surface area (Å²) in [4.78, 5) is 18.0. The molecule has 1 aromatic carbocycles. The van der Waals surface area contributed by atoms with Crippen LogP contribution in [0.1, 0.15) is 18.4 Å². The molecule has 6 nitrogen and oxygen atoms in total. The number of carbonyl (C=O) groups excluding carboxylic acids is 1. The van der Waals surface area contributed by atoms with Crippen molar-refractivity contribution in [3.63, 3.8) is 0 Å². The van der Waals surface area contributed by atoms with Crippen LogP contribution in [0, 0.1) is 11.8 Å². The first-order valence-corrected chi connectivity index (χ1v) is 9.95. The first-order valence-electron chi connectivity index (χ1n) is 9.95. The van der Waals surface area contributed by atoms with Crippen molar-refractivity contribution in [2.24, 2.45) is 17.0 Å². The Labute approximate surface area is 169 Å². The number of rotatable bonds is 0. The van der Waals surface area contributed by atoms with E-state index < -0.39 is 6.10 Å². The van der Waals surface area contributed by atoms with E-state index in [1.807, 2.05) is 11.0 Å². The maximum absolute atomic E-state index is 13.4. The third-order valence-corrected chi connectivity index (χ3v) is 8.27. The largest absolute Gasteiger partial charge is 0.410 e. The number of para-hydroxylation sites is 1. The van der Waals surface area contributed by atoms with Crippen molar-refractivity contribution in [2.45, 2.75) is 36.4 Å². The molecule has 4 fully saturated rings. The maximum atomic E-state index is 13.4. The minimum atomic E-state index is -0.415. The highest BCUT2D eigenvalue weighted by atomic mass is 35.5. The molecule has 5 aliphatic heterocycles. The maximum Gasteiger partial charge on any atom is 0.279 e. The van der Waals surface area contributed by atoms with Gasteiger partial charge in [0.25, 0.3) is 5.91 Å². The summed E-state index contributed by atoms with van der Waals surface area (Å²) >= 11 is 0. The summed E-state index contributed by atoms with van der Waals surface area (Å²) in [6.07, 6.45) is 4.00. The van der Waals surface area contributed by atoms with Crippen molar-refractivity contribution in [1.29, 1.82) is 0 Å². The number of ether oxygens (including phenoxy) is 1. The molecule has 5 heterocycles. The molecular formula is C21H22ClN3O3. The van der Waals surface area contributed by atoms with Gasteiger partial charge in [-0.3, -0.25) is 9.69 Å². The molecule has 7 rings (SSSR count). The molecule has 1 aliphatic carbocycles. The van der Waals surface area contributed by atoms with Gasteiger partial charge >= 0.3 is 0 Å². The first-order chi connectivity index (χ1) is 13.3. The zero-order chi connectivity index (χ0) is 17.9. The Balaban J connectivity index is 0.00000156. The van der Waals surface area contributed by atoms with Crippen molar-refractivity contribution >= 4 is 29.7 Å². The smallest absolute Gasteiger partial charge is 0.279 e. The molecule has 1 N–H and O–H groups in total. The van der Waals surface area contributed by atoms with E-state index in [2.05, 4.69) is 34.3 Å².